The first-order valence-corrected chi connectivity index (χ1v) is 16.7. The van der Waals surface area contributed by atoms with Crippen LogP contribution in [-0.4, -0.2) is 82.6 Å². The summed E-state index contributed by atoms with van der Waals surface area (Å²) < 4.78 is 0. The molecule has 6 unspecified atom stereocenters. The van der Waals surface area contributed by atoms with E-state index in [0.29, 0.717) is 32.2 Å². The predicted octanol–water partition coefficient (Wildman–Crippen LogP) is 2.25. The molecule has 6 atom stereocenters. The molecule has 268 valence electrons. The van der Waals surface area contributed by atoms with E-state index in [1.165, 1.54) is 27.7 Å². The van der Waals surface area contributed by atoms with E-state index in [2.05, 4.69) is 21.3 Å². The molecular formula is C34H58N4O9. The maximum absolute atomic E-state index is 12.9. The summed E-state index contributed by atoms with van der Waals surface area (Å²) in [5, 5.41) is 21.1. The number of rotatable bonds is 26. The normalized spacial score (nSPS) is 14.8. The van der Waals surface area contributed by atoms with Crippen LogP contribution in [0.3, 0.4) is 0 Å². The van der Waals surface area contributed by atoms with Crippen molar-refractivity contribution in [2.45, 2.75) is 150 Å². The number of hydrogen-bond acceptors (Lipinski definition) is 9. The minimum Gasteiger partial charge on any atom is -0.393 e. The molecule has 5 N–H and O–H groups in total. The van der Waals surface area contributed by atoms with Gasteiger partial charge in [-0.05, 0) is 72.1 Å². The molecule has 0 aromatic rings. The molecule has 4 amide bonds. The van der Waals surface area contributed by atoms with Crippen molar-refractivity contribution in [2.24, 2.45) is 11.8 Å². The fraction of sp³-hybridized carbons (Fsp3) is 0.765. The van der Waals surface area contributed by atoms with Gasteiger partial charge in [-0.25, -0.2) is 0 Å². The van der Waals surface area contributed by atoms with Crippen LogP contribution in [0, 0.1) is 11.8 Å². The fourth-order valence-corrected chi connectivity index (χ4v) is 5.58. The molecule has 47 heavy (non-hydrogen) atoms. The molecule has 0 fully saturated rings. The van der Waals surface area contributed by atoms with Gasteiger partial charge >= 0.3 is 0 Å². The highest BCUT2D eigenvalue weighted by molar-refractivity contribution is 5.84. The Balaban J connectivity index is 4.89. The van der Waals surface area contributed by atoms with Crippen LogP contribution in [0.15, 0.2) is 0 Å². The Morgan fingerprint density at radius 3 is 1.28 bits per heavy atom. The van der Waals surface area contributed by atoms with Crippen molar-refractivity contribution in [3.63, 3.8) is 0 Å². The van der Waals surface area contributed by atoms with E-state index in [1.54, 1.807) is 20.8 Å². The zero-order chi connectivity index (χ0) is 36.1. The third-order valence-corrected chi connectivity index (χ3v) is 7.29. The Morgan fingerprint density at radius 2 is 0.872 bits per heavy atom. The Hall–Kier alpha value is -3.48. The third kappa shape index (κ3) is 25.3. The second-order valence-corrected chi connectivity index (χ2v) is 13.4. The molecule has 0 saturated carbocycles. The smallest absolute Gasteiger partial charge is 0.222 e. The van der Waals surface area contributed by atoms with Gasteiger partial charge in [-0.3, -0.25) is 28.8 Å². The highest BCUT2D eigenvalue weighted by atomic mass is 16.3. The number of carbonyl (C=O) groups is 8. The van der Waals surface area contributed by atoms with Gasteiger partial charge in [0, 0.05) is 76.0 Å². The maximum atomic E-state index is 12.9. The second-order valence-electron chi connectivity index (χ2n) is 13.4. The zero-order valence-corrected chi connectivity index (χ0v) is 29.4. The van der Waals surface area contributed by atoms with E-state index in [0.717, 1.165) is 0 Å². The van der Waals surface area contributed by atoms with E-state index in [9.17, 15) is 43.5 Å². The fourth-order valence-electron chi connectivity index (χ4n) is 5.58. The molecule has 0 aliphatic carbocycles. The monoisotopic (exact) mass is 666 g/mol. The second kappa shape index (κ2) is 23.8. The first-order valence-electron chi connectivity index (χ1n) is 16.7. The number of nitrogens with one attached hydrogen (secondary N) is 4. The Morgan fingerprint density at radius 1 is 0.489 bits per heavy atom. The van der Waals surface area contributed by atoms with Crippen molar-refractivity contribution in [2.75, 3.05) is 6.54 Å². The molecule has 0 saturated heterocycles. The van der Waals surface area contributed by atoms with Crippen molar-refractivity contribution >= 4 is 46.8 Å². The molecule has 0 aliphatic heterocycles. The molecule has 0 aromatic heterocycles. The number of hydrogen-bond donors (Lipinski definition) is 5. The lowest BCUT2D eigenvalue weighted by molar-refractivity contribution is -0.127. The minimum absolute atomic E-state index is 0.0108. The summed E-state index contributed by atoms with van der Waals surface area (Å²) in [7, 11) is 0. The highest BCUT2D eigenvalue weighted by Gasteiger charge is 2.23. The lowest BCUT2D eigenvalue weighted by Gasteiger charge is -2.23. The van der Waals surface area contributed by atoms with Gasteiger partial charge in [-0.1, -0.05) is 13.8 Å². The third-order valence-electron chi connectivity index (χ3n) is 7.29. The average Bonchev–Trinajstić information content (AvgIpc) is 2.85. The summed E-state index contributed by atoms with van der Waals surface area (Å²) >= 11 is 0. The summed E-state index contributed by atoms with van der Waals surface area (Å²) in [6.45, 7) is 11.2. The number of amides is 4. The lowest BCUT2D eigenvalue weighted by Crippen LogP contribution is -2.43. The molecular weight excluding hydrogens is 608 g/mol. The molecule has 0 aliphatic rings. The SMILES string of the molecule is CC(=O)CC(C)CC(=O)NC(CC(C)=O)CC(=O)NCCCCC(CC(C)O)NC(=O)CC(CC(C)=O)NC(=O)CC(C)CC(C)=O. The van der Waals surface area contributed by atoms with Crippen LogP contribution < -0.4 is 21.3 Å². The zero-order valence-electron chi connectivity index (χ0n) is 29.4. The number of aliphatic hydroxyl groups excluding tert-OH is 1. The average molecular weight is 667 g/mol. The highest BCUT2D eigenvalue weighted by Crippen LogP contribution is 2.12. The molecule has 0 rings (SSSR count). The van der Waals surface area contributed by atoms with Gasteiger partial charge in [0.15, 0.2) is 0 Å². The standard InChI is InChI=1S/C34H58N4O9/c1-21(12-23(3)39)14-32(45)37-29(17-26(6)42)19-31(44)35-11-9-8-10-28(16-25(5)41)36-34(47)20-30(18-27(7)43)38-33(46)15-22(2)13-24(4)40/h21-22,25,28-30,41H,8-20H2,1-7H3,(H,35,44)(H,36,47)(H,37,45)(H,38,46). The summed E-state index contributed by atoms with van der Waals surface area (Å²) in [4.78, 5) is 96.4. The van der Waals surface area contributed by atoms with Crippen molar-refractivity contribution in [3.8, 4) is 0 Å². The van der Waals surface area contributed by atoms with Crippen molar-refractivity contribution in [3.05, 3.63) is 0 Å². The van der Waals surface area contributed by atoms with Gasteiger partial charge in [0.1, 0.15) is 23.1 Å². The molecule has 0 spiro atoms. The van der Waals surface area contributed by atoms with E-state index in [1.807, 2.05) is 0 Å². The molecule has 13 heteroatoms. The van der Waals surface area contributed by atoms with Gasteiger partial charge in [-0.2, -0.15) is 0 Å². The number of unbranched alkanes of at least 4 members (excludes halogenated alkanes) is 1. The van der Waals surface area contributed by atoms with Gasteiger partial charge < -0.3 is 36.0 Å². The summed E-state index contributed by atoms with van der Waals surface area (Å²) in [5.41, 5.74) is 0. The lowest BCUT2D eigenvalue weighted by atomic mass is 10.00. The van der Waals surface area contributed by atoms with Gasteiger partial charge in [0.2, 0.25) is 23.6 Å². The molecule has 0 radical (unpaired) electrons. The van der Waals surface area contributed by atoms with Crippen LogP contribution in [0.4, 0.5) is 0 Å². The van der Waals surface area contributed by atoms with Gasteiger partial charge in [0.05, 0.1) is 6.10 Å². The molecule has 0 heterocycles. The van der Waals surface area contributed by atoms with Crippen molar-refractivity contribution in [1.29, 1.82) is 0 Å². The van der Waals surface area contributed by atoms with E-state index in [4.69, 9.17) is 0 Å². The Labute approximate surface area is 279 Å². The Kier molecular flexibility index (Phi) is 22.0. The van der Waals surface area contributed by atoms with Crippen LogP contribution in [0.25, 0.3) is 0 Å². The quantitative estimate of drug-likeness (QED) is 0.0858. The van der Waals surface area contributed by atoms with Crippen molar-refractivity contribution in [1.82, 2.24) is 21.3 Å². The van der Waals surface area contributed by atoms with E-state index in [-0.39, 0.29) is 116 Å². The van der Waals surface area contributed by atoms with Gasteiger partial charge in [0.25, 0.3) is 0 Å². The molecule has 13 nitrogen and oxygen atoms in total. The van der Waals surface area contributed by atoms with Crippen LogP contribution in [0.1, 0.15) is 126 Å². The van der Waals surface area contributed by atoms with E-state index < -0.39 is 18.2 Å². The van der Waals surface area contributed by atoms with Crippen LogP contribution in [-0.2, 0) is 38.4 Å². The molecule has 0 aromatic carbocycles. The Bertz CT molecular complexity index is 1080. The summed E-state index contributed by atoms with van der Waals surface area (Å²) in [5.74, 6) is -2.06. The maximum Gasteiger partial charge on any atom is 0.222 e. The first-order chi connectivity index (χ1) is 21.9. The van der Waals surface area contributed by atoms with E-state index >= 15 is 0 Å². The van der Waals surface area contributed by atoms with Gasteiger partial charge in [-0.15, -0.1) is 0 Å². The minimum atomic E-state index is -0.701. The van der Waals surface area contributed by atoms with Crippen LogP contribution >= 0.6 is 0 Å². The van der Waals surface area contributed by atoms with Crippen molar-refractivity contribution < 1.29 is 43.5 Å². The summed E-state index contributed by atoms with van der Waals surface area (Å²) in [6, 6.07) is -1.73. The largest absolute Gasteiger partial charge is 0.393 e. The van der Waals surface area contributed by atoms with Crippen LogP contribution in [0.2, 0.25) is 0 Å². The molecule has 0 bridgehead atoms. The number of Topliss-reactive ketones (excluding diaryl/α,β-unsaturated/α-hetero) is 4. The number of carbonyl (C=O) groups excluding carboxylic acids is 8. The summed E-state index contributed by atoms with van der Waals surface area (Å²) in [6.07, 6.45) is 1.87. The predicted molar refractivity (Wildman–Crippen MR) is 177 cm³/mol. The number of ketones is 4. The number of aliphatic hydroxyl groups is 1. The van der Waals surface area contributed by atoms with Crippen LogP contribution in [0.5, 0.6) is 0 Å². The first kappa shape index (κ1) is 43.5. The topological polar surface area (TPSA) is 205 Å².